The zero-order valence-electron chi connectivity index (χ0n) is 9.64. The fourth-order valence-corrected chi connectivity index (χ4v) is 1.38. The van der Waals surface area contributed by atoms with Crippen molar-refractivity contribution in [2.45, 2.75) is 19.5 Å². The molecule has 0 heterocycles. The monoisotopic (exact) mass is 236 g/mol. The van der Waals surface area contributed by atoms with E-state index in [0.717, 1.165) is 6.07 Å². The van der Waals surface area contributed by atoms with Gasteiger partial charge in [-0.05, 0) is 31.7 Å². The number of rotatable bonds is 4. The molecule has 0 radical (unpaired) electrons. The maximum absolute atomic E-state index is 12.9. The number of nitriles is 1. The van der Waals surface area contributed by atoms with E-state index in [1.165, 1.54) is 12.1 Å². The van der Waals surface area contributed by atoms with Crippen LogP contribution >= 0.6 is 0 Å². The summed E-state index contributed by atoms with van der Waals surface area (Å²) in [4.78, 5) is 12.4. The lowest BCUT2D eigenvalue weighted by Gasteiger charge is -2.21. The summed E-state index contributed by atoms with van der Waals surface area (Å²) in [5, 5.41) is 17.7. The first-order valence-electron chi connectivity index (χ1n) is 5.07. The van der Waals surface area contributed by atoms with Crippen molar-refractivity contribution in [3.05, 3.63) is 35.1 Å². The molecule has 1 aromatic carbocycles. The van der Waals surface area contributed by atoms with Crippen LogP contribution in [0, 0.1) is 17.1 Å². The lowest BCUT2D eigenvalue weighted by atomic mass is 10.1. The lowest BCUT2D eigenvalue weighted by Crippen LogP contribution is -2.35. The van der Waals surface area contributed by atoms with E-state index >= 15 is 0 Å². The van der Waals surface area contributed by atoms with Gasteiger partial charge in [-0.25, -0.2) is 4.39 Å². The molecule has 1 unspecified atom stereocenters. The molecule has 0 aliphatic rings. The molecule has 0 aromatic heterocycles. The molecule has 1 N–H and O–H groups in total. The Hall–Kier alpha value is -1.93. The van der Waals surface area contributed by atoms with E-state index in [0.29, 0.717) is 5.56 Å². The number of likely N-dealkylation sites (N-methyl/N-ethyl adjacent to an activating group) is 1. The minimum Gasteiger partial charge on any atom is -0.480 e. The maximum atomic E-state index is 12.9. The second-order valence-corrected chi connectivity index (χ2v) is 3.84. The standard InChI is InChI=1S/C12H13FN2O2/c1-8(12(16)17)15(2)7-9-3-4-11(13)5-10(9)6-14/h3-5,8H,7H2,1-2H3,(H,16,17). The number of carboxylic acids is 1. The Labute approximate surface area is 98.9 Å². The van der Waals surface area contributed by atoms with Crippen LogP contribution in [0.5, 0.6) is 0 Å². The Morgan fingerprint density at radius 1 is 1.65 bits per heavy atom. The van der Waals surface area contributed by atoms with Gasteiger partial charge in [0.15, 0.2) is 0 Å². The van der Waals surface area contributed by atoms with E-state index in [4.69, 9.17) is 10.4 Å². The van der Waals surface area contributed by atoms with Crippen molar-refractivity contribution in [3.8, 4) is 6.07 Å². The van der Waals surface area contributed by atoms with Crippen LogP contribution in [0.2, 0.25) is 0 Å². The highest BCUT2D eigenvalue weighted by molar-refractivity contribution is 5.72. The maximum Gasteiger partial charge on any atom is 0.320 e. The van der Waals surface area contributed by atoms with Crippen LogP contribution in [0.4, 0.5) is 4.39 Å². The zero-order valence-corrected chi connectivity index (χ0v) is 9.64. The highest BCUT2D eigenvalue weighted by Crippen LogP contribution is 2.13. The molecule has 0 bridgehead atoms. The lowest BCUT2D eigenvalue weighted by molar-refractivity contribution is -0.142. The van der Waals surface area contributed by atoms with Crippen molar-refractivity contribution >= 4 is 5.97 Å². The fraction of sp³-hybridized carbons (Fsp3) is 0.333. The van der Waals surface area contributed by atoms with Gasteiger partial charge in [0.25, 0.3) is 0 Å². The van der Waals surface area contributed by atoms with Crippen molar-refractivity contribution in [3.63, 3.8) is 0 Å². The van der Waals surface area contributed by atoms with Crippen LogP contribution in [0.1, 0.15) is 18.1 Å². The van der Waals surface area contributed by atoms with Gasteiger partial charge in [0.2, 0.25) is 0 Å². The first-order valence-corrected chi connectivity index (χ1v) is 5.07. The van der Waals surface area contributed by atoms with Crippen LogP contribution in [-0.4, -0.2) is 29.1 Å². The molecule has 0 saturated carbocycles. The molecule has 0 amide bonds. The molecule has 90 valence electrons. The zero-order chi connectivity index (χ0) is 13.0. The summed E-state index contributed by atoms with van der Waals surface area (Å²) >= 11 is 0. The van der Waals surface area contributed by atoms with Crippen molar-refractivity contribution in [1.82, 2.24) is 4.90 Å². The molecular weight excluding hydrogens is 223 g/mol. The molecule has 1 rings (SSSR count). The molecule has 0 aliphatic heterocycles. The number of nitrogens with zero attached hydrogens (tertiary/aromatic N) is 2. The van der Waals surface area contributed by atoms with E-state index in [2.05, 4.69) is 0 Å². The molecule has 5 heteroatoms. The van der Waals surface area contributed by atoms with Gasteiger partial charge in [0.05, 0.1) is 11.6 Å². The van der Waals surface area contributed by atoms with E-state index < -0.39 is 17.8 Å². The largest absolute Gasteiger partial charge is 0.480 e. The summed E-state index contributed by atoms with van der Waals surface area (Å²) in [6.45, 7) is 1.84. The third kappa shape index (κ3) is 3.26. The minimum atomic E-state index is -0.937. The first-order chi connectivity index (χ1) is 7.95. The topological polar surface area (TPSA) is 64.3 Å². The van der Waals surface area contributed by atoms with Crippen LogP contribution in [0.15, 0.2) is 18.2 Å². The van der Waals surface area contributed by atoms with Gasteiger partial charge in [-0.3, -0.25) is 9.69 Å². The Balaban J connectivity index is 2.89. The summed E-state index contributed by atoms with van der Waals surface area (Å²) in [7, 11) is 1.64. The van der Waals surface area contributed by atoms with Gasteiger partial charge in [-0.1, -0.05) is 6.07 Å². The summed E-state index contributed by atoms with van der Waals surface area (Å²) < 4.78 is 12.9. The van der Waals surface area contributed by atoms with Gasteiger partial charge in [0.1, 0.15) is 11.9 Å². The summed E-state index contributed by atoms with van der Waals surface area (Å²) in [5.74, 6) is -1.41. The van der Waals surface area contributed by atoms with Crippen molar-refractivity contribution in [2.24, 2.45) is 0 Å². The molecular formula is C12H13FN2O2. The Bertz CT molecular complexity index is 468. The number of carboxylic acid groups (broad SMARTS) is 1. The fourth-order valence-electron chi connectivity index (χ4n) is 1.38. The van der Waals surface area contributed by atoms with E-state index in [-0.39, 0.29) is 12.1 Å². The van der Waals surface area contributed by atoms with Crippen LogP contribution in [-0.2, 0) is 11.3 Å². The van der Waals surface area contributed by atoms with Crippen LogP contribution in [0.3, 0.4) is 0 Å². The number of halogens is 1. The number of aliphatic carboxylic acids is 1. The van der Waals surface area contributed by atoms with Gasteiger partial charge in [-0.15, -0.1) is 0 Å². The average molecular weight is 236 g/mol. The van der Waals surface area contributed by atoms with Crippen molar-refractivity contribution < 1.29 is 14.3 Å². The van der Waals surface area contributed by atoms with Gasteiger partial charge in [-0.2, -0.15) is 5.26 Å². The molecule has 4 nitrogen and oxygen atoms in total. The number of benzene rings is 1. The number of carbonyl (C=O) groups is 1. The van der Waals surface area contributed by atoms with Crippen molar-refractivity contribution in [2.75, 3.05) is 7.05 Å². The molecule has 0 fully saturated rings. The van der Waals surface area contributed by atoms with Gasteiger partial charge >= 0.3 is 5.97 Å². The van der Waals surface area contributed by atoms with Crippen molar-refractivity contribution in [1.29, 1.82) is 5.26 Å². The molecule has 0 saturated heterocycles. The molecule has 17 heavy (non-hydrogen) atoms. The highest BCUT2D eigenvalue weighted by atomic mass is 19.1. The third-order valence-electron chi connectivity index (χ3n) is 2.63. The van der Waals surface area contributed by atoms with Crippen LogP contribution < -0.4 is 0 Å². The second-order valence-electron chi connectivity index (χ2n) is 3.84. The van der Waals surface area contributed by atoms with Gasteiger partial charge in [0, 0.05) is 6.54 Å². The number of hydrogen-bond donors (Lipinski definition) is 1. The molecule has 0 aliphatic carbocycles. The Morgan fingerprint density at radius 3 is 2.82 bits per heavy atom. The molecule has 1 aromatic rings. The van der Waals surface area contributed by atoms with E-state index in [1.807, 2.05) is 6.07 Å². The van der Waals surface area contributed by atoms with E-state index in [1.54, 1.807) is 18.9 Å². The Morgan fingerprint density at radius 2 is 2.29 bits per heavy atom. The minimum absolute atomic E-state index is 0.231. The molecule has 1 atom stereocenters. The SMILES string of the molecule is CC(C(=O)O)N(C)Cc1ccc(F)cc1C#N. The van der Waals surface area contributed by atoms with Gasteiger partial charge < -0.3 is 5.11 Å². The normalized spacial score (nSPS) is 12.2. The summed E-state index contributed by atoms with van der Waals surface area (Å²) in [5.41, 5.74) is 0.846. The number of hydrogen-bond acceptors (Lipinski definition) is 3. The predicted octanol–water partition coefficient (Wildman–Crippen LogP) is 1.60. The quantitative estimate of drug-likeness (QED) is 0.862. The Kier molecular flexibility index (Phi) is 4.18. The summed E-state index contributed by atoms with van der Waals surface area (Å²) in [6.07, 6.45) is 0. The average Bonchev–Trinajstić information content (AvgIpc) is 2.30. The predicted molar refractivity (Wildman–Crippen MR) is 59.7 cm³/mol. The van der Waals surface area contributed by atoms with E-state index in [9.17, 15) is 9.18 Å². The second kappa shape index (κ2) is 5.41. The third-order valence-corrected chi connectivity index (χ3v) is 2.63. The highest BCUT2D eigenvalue weighted by Gasteiger charge is 2.17. The molecule has 0 spiro atoms. The van der Waals surface area contributed by atoms with Crippen LogP contribution in [0.25, 0.3) is 0 Å². The first kappa shape index (κ1) is 13.1. The smallest absolute Gasteiger partial charge is 0.320 e. The summed E-state index contributed by atoms with van der Waals surface area (Å²) in [6, 6.07) is 5.14.